The number of amides is 1. The Morgan fingerprint density at radius 2 is 2.22 bits per heavy atom. The molecule has 1 aromatic heterocycles. The van der Waals surface area contributed by atoms with E-state index in [0.29, 0.717) is 11.7 Å². The smallest absolute Gasteiger partial charge is 0.315 e. The van der Waals surface area contributed by atoms with Crippen LogP contribution in [0, 0.1) is 6.92 Å². The third-order valence-corrected chi connectivity index (χ3v) is 3.75. The van der Waals surface area contributed by atoms with Crippen LogP contribution in [-0.4, -0.2) is 39.7 Å². The van der Waals surface area contributed by atoms with Gasteiger partial charge >= 0.3 is 5.97 Å². The second-order valence-corrected chi connectivity index (χ2v) is 5.88. The van der Waals surface area contributed by atoms with Crippen LogP contribution in [0.5, 0.6) is 0 Å². The first kappa shape index (κ1) is 14.9. The molecule has 1 amide bonds. The zero-order chi connectivity index (χ0) is 13.5. The summed E-state index contributed by atoms with van der Waals surface area (Å²) in [5.41, 5.74) is 0. The Hall–Kier alpha value is -1.15. The highest BCUT2D eigenvalue weighted by molar-refractivity contribution is 8.01. The summed E-state index contributed by atoms with van der Waals surface area (Å²) in [6, 6.07) is 0. The van der Waals surface area contributed by atoms with E-state index in [0.717, 1.165) is 5.01 Å². The molecule has 0 aliphatic heterocycles. The molecule has 0 unspecified atom stereocenters. The molecule has 0 fully saturated rings. The first-order valence-corrected chi connectivity index (χ1v) is 7.27. The molecule has 0 aromatic carbocycles. The summed E-state index contributed by atoms with van der Waals surface area (Å²) >= 11 is 2.54. The Morgan fingerprint density at radius 1 is 1.50 bits per heavy atom. The summed E-state index contributed by atoms with van der Waals surface area (Å²) in [6.07, 6.45) is 0. The molecule has 0 bridgehead atoms. The van der Waals surface area contributed by atoms with E-state index in [1.807, 2.05) is 6.92 Å². The van der Waals surface area contributed by atoms with Crippen LogP contribution in [0.25, 0.3) is 0 Å². The van der Waals surface area contributed by atoms with E-state index in [2.05, 4.69) is 15.5 Å². The van der Waals surface area contributed by atoms with Gasteiger partial charge in [-0.05, 0) is 20.8 Å². The topological polar surface area (TPSA) is 81.2 Å². The lowest BCUT2D eigenvalue weighted by Crippen LogP contribution is -2.24. The van der Waals surface area contributed by atoms with Gasteiger partial charge in [-0.1, -0.05) is 11.3 Å². The summed E-state index contributed by atoms with van der Waals surface area (Å²) in [5, 5.41) is 11.2. The molecule has 0 saturated carbocycles. The highest BCUT2D eigenvalue weighted by atomic mass is 32.2. The zero-order valence-electron chi connectivity index (χ0n) is 10.4. The lowest BCUT2D eigenvalue weighted by Gasteiger charge is -2.09. The number of aryl methyl sites for hydroxylation is 1. The number of carbonyl (C=O) groups is 2. The lowest BCUT2D eigenvalue weighted by atomic mass is 10.4. The standard InChI is InChI=1S/C10H15N3O3S2/c1-4-16-8(14)5-17-6(2)9(15)11-10-13-12-7(3)18-10/h6H,4-5H2,1-3H3,(H,11,13,15)/t6-/m0/s1. The van der Waals surface area contributed by atoms with Gasteiger partial charge in [0.1, 0.15) is 5.01 Å². The number of thioether (sulfide) groups is 1. The van der Waals surface area contributed by atoms with Crippen LogP contribution in [0.2, 0.25) is 0 Å². The van der Waals surface area contributed by atoms with Crippen molar-refractivity contribution in [2.24, 2.45) is 0 Å². The quantitative estimate of drug-likeness (QED) is 0.799. The Labute approximate surface area is 114 Å². The van der Waals surface area contributed by atoms with E-state index < -0.39 is 0 Å². The van der Waals surface area contributed by atoms with Crippen LogP contribution in [-0.2, 0) is 14.3 Å². The highest BCUT2D eigenvalue weighted by Crippen LogP contribution is 2.17. The summed E-state index contributed by atoms with van der Waals surface area (Å²) in [6.45, 7) is 5.64. The van der Waals surface area contributed by atoms with Gasteiger partial charge in [-0.2, -0.15) is 0 Å². The number of carbonyl (C=O) groups excluding carboxylic acids is 2. The molecule has 0 radical (unpaired) electrons. The van der Waals surface area contributed by atoms with Gasteiger partial charge in [0, 0.05) is 0 Å². The second kappa shape index (κ2) is 7.32. The molecule has 1 atom stereocenters. The molecule has 0 spiro atoms. The van der Waals surface area contributed by atoms with Gasteiger partial charge in [-0.15, -0.1) is 22.0 Å². The number of ether oxygens (including phenoxy) is 1. The molecule has 0 saturated heterocycles. The predicted molar refractivity (Wildman–Crippen MR) is 71.8 cm³/mol. The molecule has 6 nitrogen and oxygen atoms in total. The fourth-order valence-corrected chi connectivity index (χ4v) is 2.30. The van der Waals surface area contributed by atoms with Crippen LogP contribution in [0.4, 0.5) is 5.13 Å². The Morgan fingerprint density at radius 3 is 2.78 bits per heavy atom. The Balaban J connectivity index is 2.35. The maximum absolute atomic E-state index is 11.7. The predicted octanol–water partition coefficient (Wildman–Crippen LogP) is 1.47. The molecular formula is C10H15N3O3S2. The third-order valence-electron chi connectivity index (χ3n) is 1.88. The average molecular weight is 289 g/mol. The van der Waals surface area contributed by atoms with Gasteiger partial charge in [-0.25, -0.2) is 0 Å². The van der Waals surface area contributed by atoms with E-state index >= 15 is 0 Å². The highest BCUT2D eigenvalue weighted by Gasteiger charge is 2.17. The number of anilines is 1. The number of esters is 1. The van der Waals surface area contributed by atoms with Crippen LogP contribution < -0.4 is 5.32 Å². The fraction of sp³-hybridized carbons (Fsp3) is 0.600. The molecule has 1 aromatic rings. The van der Waals surface area contributed by atoms with Gasteiger partial charge in [0.2, 0.25) is 11.0 Å². The number of hydrogen-bond donors (Lipinski definition) is 1. The molecule has 100 valence electrons. The fourth-order valence-electron chi connectivity index (χ4n) is 1.03. The first-order valence-electron chi connectivity index (χ1n) is 5.41. The van der Waals surface area contributed by atoms with Gasteiger partial charge in [0.15, 0.2) is 0 Å². The van der Waals surface area contributed by atoms with E-state index in [1.54, 1.807) is 13.8 Å². The van der Waals surface area contributed by atoms with Gasteiger partial charge in [0.25, 0.3) is 0 Å². The normalized spacial score (nSPS) is 11.9. The minimum absolute atomic E-state index is 0.164. The maximum atomic E-state index is 11.7. The lowest BCUT2D eigenvalue weighted by molar-refractivity contribution is -0.139. The van der Waals surface area contributed by atoms with Gasteiger partial charge in [-0.3, -0.25) is 14.9 Å². The van der Waals surface area contributed by atoms with Crippen LogP contribution in [0.1, 0.15) is 18.9 Å². The second-order valence-electron chi connectivity index (χ2n) is 3.37. The van der Waals surface area contributed by atoms with Crippen molar-refractivity contribution in [1.82, 2.24) is 10.2 Å². The minimum Gasteiger partial charge on any atom is -0.465 e. The third kappa shape index (κ3) is 5.01. The maximum Gasteiger partial charge on any atom is 0.315 e. The van der Waals surface area contributed by atoms with Crippen molar-refractivity contribution >= 4 is 40.1 Å². The summed E-state index contributed by atoms with van der Waals surface area (Å²) in [7, 11) is 0. The Kier molecular flexibility index (Phi) is 6.06. The number of aromatic nitrogens is 2. The molecule has 8 heteroatoms. The van der Waals surface area contributed by atoms with Gasteiger partial charge < -0.3 is 4.74 Å². The summed E-state index contributed by atoms with van der Waals surface area (Å²) in [4.78, 5) is 22.9. The Bertz CT molecular complexity index is 422. The SMILES string of the molecule is CCOC(=O)CS[C@@H](C)C(=O)Nc1nnc(C)s1. The van der Waals surface area contributed by atoms with Crippen molar-refractivity contribution in [3.63, 3.8) is 0 Å². The van der Waals surface area contributed by atoms with E-state index in [9.17, 15) is 9.59 Å². The van der Waals surface area contributed by atoms with Crippen molar-refractivity contribution < 1.29 is 14.3 Å². The monoisotopic (exact) mass is 289 g/mol. The largest absolute Gasteiger partial charge is 0.465 e. The van der Waals surface area contributed by atoms with Crippen molar-refractivity contribution in [2.75, 3.05) is 17.7 Å². The average Bonchev–Trinajstić information content (AvgIpc) is 2.72. The summed E-state index contributed by atoms with van der Waals surface area (Å²) in [5.74, 6) is -0.341. The number of rotatable bonds is 6. The van der Waals surface area contributed by atoms with Crippen molar-refractivity contribution in [3.05, 3.63) is 5.01 Å². The van der Waals surface area contributed by atoms with Crippen LogP contribution in [0.15, 0.2) is 0 Å². The van der Waals surface area contributed by atoms with E-state index in [4.69, 9.17) is 4.74 Å². The zero-order valence-corrected chi connectivity index (χ0v) is 12.1. The number of nitrogens with one attached hydrogen (secondary N) is 1. The number of hydrogen-bond acceptors (Lipinski definition) is 7. The molecular weight excluding hydrogens is 274 g/mol. The summed E-state index contributed by atoms with van der Waals surface area (Å²) < 4.78 is 4.78. The van der Waals surface area contributed by atoms with Crippen molar-refractivity contribution in [3.8, 4) is 0 Å². The van der Waals surface area contributed by atoms with Crippen LogP contribution >= 0.6 is 23.1 Å². The van der Waals surface area contributed by atoms with Crippen molar-refractivity contribution in [2.45, 2.75) is 26.0 Å². The molecule has 1 rings (SSSR count). The first-order chi connectivity index (χ1) is 8.52. The van der Waals surface area contributed by atoms with Crippen molar-refractivity contribution in [1.29, 1.82) is 0 Å². The molecule has 0 aliphatic carbocycles. The molecule has 0 aliphatic rings. The molecule has 18 heavy (non-hydrogen) atoms. The van der Waals surface area contributed by atoms with Gasteiger partial charge in [0.05, 0.1) is 17.6 Å². The van der Waals surface area contributed by atoms with E-state index in [-0.39, 0.29) is 22.9 Å². The van der Waals surface area contributed by atoms with E-state index in [1.165, 1.54) is 23.1 Å². The minimum atomic E-state index is -0.349. The molecule has 1 N–H and O–H groups in total. The van der Waals surface area contributed by atoms with Crippen LogP contribution in [0.3, 0.4) is 0 Å². The molecule has 1 heterocycles. The number of nitrogens with zero attached hydrogens (tertiary/aromatic N) is 2.